The van der Waals surface area contributed by atoms with Crippen LogP contribution in [-0.4, -0.2) is 48.9 Å². The van der Waals surface area contributed by atoms with Gasteiger partial charge in [0.05, 0.1) is 18.6 Å². The molecule has 0 spiro atoms. The molecule has 0 unspecified atom stereocenters. The molecular weight excluding hydrogens is 510 g/mol. The third kappa shape index (κ3) is 6.25. The van der Waals surface area contributed by atoms with Gasteiger partial charge in [0, 0.05) is 15.1 Å². The summed E-state index contributed by atoms with van der Waals surface area (Å²) in [6.07, 6.45) is 1.56. The van der Waals surface area contributed by atoms with Gasteiger partial charge >= 0.3 is 5.97 Å². The van der Waals surface area contributed by atoms with Crippen molar-refractivity contribution < 1.29 is 28.6 Å². The molecule has 162 valence electrons. The summed E-state index contributed by atoms with van der Waals surface area (Å²) in [4.78, 5) is 37.8. The minimum Gasteiger partial charge on any atom is -0.492 e. The average molecular weight is 527 g/mol. The van der Waals surface area contributed by atoms with E-state index in [9.17, 15) is 14.4 Å². The molecule has 7 nitrogen and oxygen atoms in total. The maximum absolute atomic E-state index is 12.7. The second-order valence-electron chi connectivity index (χ2n) is 6.18. The molecule has 31 heavy (non-hydrogen) atoms. The van der Waals surface area contributed by atoms with E-state index in [4.69, 9.17) is 21.1 Å². The highest BCUT2D eigenvalue weighted by molar-refractivity contribution is 9.10. The SMILES string of the molecule is COC(=O)COc1ccc(Br)cc1/C=C1\SC(=O)N(CCOc2ccc(Cl)cc2)C1=O. The molecule has 0 atom stereocenters. The molecular formula is C21H17BrClNO6S. The molecule has 0 radical (unpaired) electrons. The van der Waals surface area contributed by atoms with E-state index in [2.05, 4.69) is 20.7 Å². The number of hydrogen-bond acceptors (Lipinski definition) is 7. The highest BCUT2D eigenvalue weighted by atomic mass is 79.9. The van der Waals surface area contributed by atoms with Crippen LogP contribution in [0.1, 0.15) is 5.56 Å². The molecule has 1 fully saturated rings. The fourth-order valence-corrected chi connectivity index (χ4v) is 3.94. The standard InChI is InChI=1S/C21H17BrClNO6S/c1-28-19(25)12-30-17-7-2-14(22)10-13(17)11-18-20(26)24(21(27)31-18)8-9-29-16-5-3-15(23)4-6-16/h2-7,10-11H,8-9,12H2,1H3/b18-11-. The van der Waals surface area contributed by atoms with Gasteiger partial charge in [-0.1, -0.05) is 27.5 Å². The minimum absolute atomic E-state index is 0.106. The molecule has 0 N–H and O–H groups in total. The van der Waals surface area contributed by atoms with Gasteiger partial charge in [-0.3, -0.25) is 14.5 Å². The summed E-state index contributed by atoms with van der Waals surface area (Å²) >= 11 is 10.0. The van der Waals surface area contributed by atoms with Crippen molar-refractivity contribution in [2.45, 2.75) is 0 Å². The lowest BCUT2D eigenvalue weighted by molar-refractivity contribution is -0.142. The normalized spacial score (nSPS) is 14.8. The number of carbonyl (C=O) groups excluding carboxylic acids is 3. The van der Waals surface area contributed by atoms with Crippen molar-refractivity contribution in [2.24, 2.45) is 0 Å². The van der Waals surface area contributed by atoms with Crippen LogP contribution in [0.25, 0.3) is 6.08 Å². The maximum atomic E-state index is 12.7. The van der Waals surface area contributed by atoms with Crippen LogP contribution in [0, 0.1) is 0 Å². The fraction of sp³-hybridized carbons (Fsp3) is 0.190. The molecule has 3 rings (SSSR count). The number of rotatable bonds is 8. The van der Waals surface area contributed by atoms with Crippen LogP contribution in [0.5, 0.6) is 11.5 Å². The summed E-state index contributed by atoms with van der Waals surface area (Å²) in [5.74, 6) is 0.0170. The summed E-state index contributed by atoms with van der Waals surface area (Å²) in [5.41, 5.74) is 0.543. The van der Waals surface area contributed by atoms with E-state index in [0.29, 0.717) is 22.1 Å². The molecule has 1 aliphatic heterocycles. The van der Waals surface area contributed by atoms with Gasteiger partial charge in [0.1, 0.15) is 18.1 Å². The minimum atomic E-state index is -0.533. The van der Waals surface area contributed by atoms with Gasteiger partial charge in [-0.05, 0) is 60.3 Å². The van der Waals surface area contributed by atoms with Crippen LogP contribution < -0.4 is 9.47 Å². The highest BCUT2D eigenvalue weighted by Crippen LogP contribution is 2.34. The summed E-state index contributed by atoms with van der Waals surface area (Å²) in [7, 11) is 1.26. The van der Waals surface area contributed by atoms with Crippen LogP contribution in [-0.2, 0) is 14.3 Å². The van der Waals surface area contributed by atoms with Crippen molar-refractivity contribution in [1.82, 2.24) is 4.90 Å². The molecule has 1 aliphatic rings. The predicted molar refractivity (Wildman–Crippen MR) is 121 cm³/mol. The fourth-order valence-electron chi connectivity index (χ4n) is 2.58. The number of halogens is 2. The van der Waals surface area contributed by atoms with Crippen molar-refractivity contribution in [3.05, 3.63) is 62.4 Å². The number of methoxy groups -OCH3 is 1. The third-order valence-electron chi connectivity index (χ3n) is 4.10. The smallest absolute Gasteiger partial charge is 0.343 e. The van der Waals surface area contributed by atoms with Crippen LogP contribution >= 0.6 is 39.3 Å². The number of nitrogens with zero attached hydrogens (tertiary/aromatic N) is 1. The van der Waals surface area contributed by atoms with E-state index in [-0.39, 0.29) is 29.9 Å². The molecule has 0 aliphatic carbocycles. The van der Waals surface area contributed by atoms with Crippen LogP contribution in [0.4, 0.5) is 4.79 Å². The Morgan fingerprint density at radius 2 is 1.90 bits per heavy atom. The Bertz CT molecular complexity index is 1030. The number of benzene rings is 2. The first kappa shape index (κ1) is 23.2. The Kier molecular flexibility index (Phi) is 8.00. The monoisotopic (exact) mass is 525 g/mol. The topological polar surface area (TPSA) is 82.1 Å². The number of amides is 2. The van der Waals surface area contributed by atoms with Gasteiger partial charge in [0.2, 0.25) is 0 Å². The number of ether oxygens (including phenoxy) is 3. The lowest BCUT2D eigenvalue weighted by atomic mass is 10.2. The first-order chi connectivity index (χ1) is 14.9. The number of thioether (sulfide) groups is 1. The molecule has 0 bridgehead atoms. The second kappa shape index (κ2) is 10.7. The molecule has 2 amide bonds. The molecule has 2 aromatic rings. The van der Waals surface area contributed by atoms with E-state index in [1.165, 1.54) is 7.11 Å². The van der Waals surface area contributed by atoms with Crippen LogP contribution in [0.2, 0.25) is 5.02 Å². The van der Waals surface area contributed by atoms with Gasteiger partial charge in [-0.15, -0.1) is 0 Å². The van der Waals surface area contributed by atoms with E-state index >= 15 is 0 Å². The Balaban J connectivity index is 1.68. The Labute approximate surface area is 196 Å². The first-order valence-corrected chi connectivity index (χ1v) is 11.0. The van der Waals surface area contributed by atoms with Crippen LogP contribution in [0.15, 0.2) is 51.8 Å². The van der Waals surface area contributed by atoms with Crippen molar-refractivity contribution in [3.8, 4) is 11.5 Å². The van der Waals surface area contributed by atoms with Crippen molar-refractivity contribution >= 4 is 62.5 Å². The second-order valence-corrected chi connectivity index (χ2v) is 8.53. The average Bonchev–Trinajstić information content (AvgIpc) is 3.01. The number of esters is 1. The Hall–Kier alpha value is -2.49. The van der Waals surface area contributed by atoms with Gasteiger partial charge < -0.3 is 14.2 Å². The van der Waals surface area contributed by atoms with Crippen LogP contribution in [0.3, 0.4) is 0 Å². The van der Waals surface area contributed by atoms with E-state index < -0.39 is 11.9 Å². The molecule has 1 heterocycles. The maximum Gasteiger partial charge on any atom is 0.343 e. The lowest BCUT2D eigenvalue weighted by Gasteiger charge is -2.13. The van der Waals surface area contributed by atoms with E-state index in [1.807, 2.05) is 0 Å². The zero-order valence-corrected chi connectivity index (χ0v) is 19.5. The van der Waals surface area contributed by atoms with E-state index in [0.717, 1.165) is 21.1 Å². The lowest BCUT2D eigenvalue weighted by Crippen LogP contribution is -2.32. The first-order valence-electron chi connectivity index (χ1n) is 9.00. The zero-order chi connectivity index (χ0) is 22.4. The number of imide groups is 1. The summed E-state index contributed by atoms with van der Waals surface area (Å²) in [5, 5.41) is 0.203. The molecule has 10 heteroatoms. The summed E-state index contributed by atoms with van der Waals surface area (Å²) in [6.45, 7) is -0.0192. The number of hydrogen-bond donors (Lipinski definition) is 0. The molecule has 0 aromatic heterocycles. The van der Waals surface area contributed by atoms with Crippen molar-refractivity contribution in [1.29, 1.82) is 0 Å². The Morgan fingerprint density at radius 1 is 1.16 bits per heavy atom. The van der Waals surface area contributed by atoms with Gasteiger partial charge in [0.25, 0.3) is 11.1 Å². The van der Waals surface area contributed by atoms with Crippen molar-refractivity contribution in [2.75, 3.05) is 26.9 Å². The summed E-state index contributed by atoms with van der Waals surface area (Å²) in [6, 6.07) is 11.9. The predicted octanol–water partition coefficient (Wildman–Crippen LogP) is 4.77. The molecule has 2 aromatic carbocycles. The van der Waals surface area contributed by atoms with Crippen molar-refractivity contribution in [3.63, 3.8) is 0 Å². The third-order valence-corrected chi connectivity index (χ3v) is 5.76. The summed E-state index contributed by atoms with van der Waals surface area (Å²) < 4.78 is 16.4. The molecule has 0 saturated carbocycles. The number of carbonyl (C=O) groups is 3. The van der Waals surface area contributed by atoms with Gasteiger partial charge in [0.15, 0.2) is 6.61 Å². The quantitative estimate of drug-likeness (QED) is 0.362. The zero-order valence-electron chi connectivity index (χ0n) is 16.3. The Morgan fingerprint density at radius 3 is 2.61 bits per heavy atom. The van der Waals surface area contributed by atoms with Gasteiger partial charge in [-0.2, -0.15) is 0 Å². The largest absolute Gasteiger partial charge is 0.492 e. The highest BCUT2D eigenvalue weighted by Gasteiger charge is 2.35. The van der Waals surface area contributed by atoms with E-state index in [1.54, 1.807) is 48.5 Å². The van der Waals surface area contributed by atoms with Gasteiger partial charge in [-0.25, -0.2) is 4.79 Å². The molecule has 1 saturated heterocycles.